The van der Waals surface area contributed by atoms with E-state index in [0.29, 0.717) is 30.1 Å². The van der Waals surface area contributed by atoms with Gasteiger partial charge in [0.05, 0.1) is 0 Å². The Labute approximate surface area is 117 Å². The minimum atomic E-state index is -0.432. The Bertz CT molecular complexity index is 506. The van der Waals surface area contributed by atoms with Gasteiger partial charge in [-0.25, -0.2) is 0 Å². The number of imidazole rings is 1. The Morgan fingerprint density at radius 1 is 1.56 bits per heavy atom. The van der Waals surface area contributed by atoms with Crippen molar-refractivity contribution < 1.29 is 32.7 Å². The van der Waals surface area contributed by atoms with Crippen molar-refractivity contribution >= 4 is 17.0 Å². The molecule has 2 rings (SSSR count). The number of rotatable bonds is 4. The summed E-state index contributed by atoms with van der Waals surface area (Å²) in [5.74, 6) is 0.458. The van der Waals surface area contributed by atoms with E-state index in [1.165, 1.54) is 6.33 Å². The molecule has 83 valence electrons. The third-order valence-electron chi connectivity index (χ3n) is 1.93. The number of H-pyrrole nitrogens is 1. The van der Waals surface area contributed by atoms with E-state index in [1.807, 2.05) is 0 Å². The summed E-state index contributed by atoms with van der Waals surface area (Å²) >= 11 is 0. The van der Waals surface area contributed by atoms with Gasteiger partial charge in [0.1, 0.15) is 5.82 Å². The minimum absolute atomic E-state index is 0. The number of anilines is 1. The van der Waals surface area contributed by atoms with Crippen LogP contribution in [0.15, 0.2) is 11.1 Å². The first-order chi connectivity index (χ1) is 7.31. The van der Waals surface area contributed by atoms with Gasteiger partial charge in [-0.2, -0.15) is 4.98 Å². The summed E-state index contributed by atoms with van der Waals surface area (Å²) in [6, 6.07) is 0. The molecule has 2 aromatic rings. The van der Waals surface area contributed by atoms with Crippen LogP contribution in [0.3, 0.4) is 0 Å². The normalized spacial score (nSPS) is 10.1. The zero-order chi connectivity index (χ0) is 10.7. The Hall–Kier alpha value is -0.786. The fourth-order valence-corrected chi connectivity index (χ4v) is 1.25. The molecule has 16 heavy (non-hydrogen) atoms. The molecule has 0 atom stereocenters. The van der Waals surface area contributed by atoms with Crippen molar-refractivity contribution in [3.05, 3.63) is 16.8 Å². The molecule has 0 saturated carbocycles. The first-order valence-corrected chi connectivity index (χ1v) is 4.63. The zero-order valence-electron chi connectivity index (χ0n) is 8.60. The van der Waals surface area contributed by atoms with Crippen molar-refractivity contribution in [2.75, 3.05) is 18.4 Å². The molecule has 7 nitrogen and oxygen atoms in total. The number of aromatic nitrogens is 4. The Balaban J connectivity index is 0.00000128. The smallest absolute Gasteiger partial charge is 0.291 e. The number of fused-ring (bicyclic) bond motifs is 1. The predicted molar refractivity (Wildman–Crippen MR) is 55.6 cm³/mol. The summed E-state index contributed by atoms with van der Waals surface area (Å²) in [7, 11) is 0. The molecule has 2 aromatic heterocycles. The van der Waals surface area contributed by atoms with Crippen molar-refractivity contribution in [2.24, 2.45) is 5.73 Å². The number of aromatic amines is 1. The largest absolute Gasteiger partial charge is 0.369 e. The van der Waals surface area contributed by atoms with Crippen LogP contribution in [0.25, 0.3) is 11.2 Å². The van der Waals surface area contributed by atoms with Gasteiger partial charge in [-0.15, -0.1) is 0 Å². The molecule has 0 aromatic carbocycles. The second kappa shape index (κ2) is 6.07. The van der Waals surface area contributed by atoms with E-state index in [4.69, 9.17) is 5.73 Å². The topological polar surface area (TPSA) is 111 Å². The Morgan fingerprint density at radius 2 is 2.38 bits per heavy atom. The van der Waals surface area contributed by atoms with E-state index in [-0.39, 0.29) is 32.7 Å². The van der Waals surface area contributed by atoms with E-state index in [0.717, 1.165) is 6.42 Å². The van der Waals surface area contributed by atoms with Gasteiger partial charge in [0.25, 0.3) is 5.69 Å². The summed E-state index contributed by atoms with van der Waals surface area (Å²) in [4.78, 5) is 25.3. The van der Waals surface area contributed by atoms with Gasteiger partial charge < -0.3 is 26.0 Å². The van der Waals surface area contributed by atoms with E-state index in [1.54, 1.807) is 0 Å². The van der Waals surface area contributed by atoms with Crippen LogP contribution in [0, 0.1) is 0 Å². The molecule has 1 radical (unpaired) electrons. The Morgan fingerprint density at radius 3 is 3.12 bits per heavy atom. The van der Waals surface area contributed by atoms with Crippen LogP contribution < -0.4 is 21.7 Å². The van der Waals surface area contributed by atoms with E-state index < -0.39 is 5.69 Å². The molecule has 0 fully saturated rings. The van der Waals surface area contributed by atoms with Crippen LogP contribution in [-0.4, -0.2) is 28.0 Å². The second-order valence-corrected chi connectivity index (χ2v) is 3.03. The molecule has 0 aliphatic carbocycles. The first-order valence-electron chi connectivity index (χ1n) is 4.63. The van der Waals surface area contributed by atoms with Crippen molar-refractivity contribution in [3.8, 4) is 0 Å². The summed E-state index contributed by atoms with van der Waals surface area (Å²) in [6.07, 6.45) is 2.19. The average molecular weight is 296 g/mol. The quantitative estimate of drug-likeness (QED) is 0.626. The standard InChI is InChI=1S/C8H12N6O.Y/c9-2-1-3-10-6-5-7(12-4-11-5)14-8(15)13-6;/h4H,1-3,9H2,(H3,10,11,12,13,14,15);/p-1. The maximum atomic E-state index is 11.1. The van der Waals surface area contributed by atoms with Crippen molar-refractivity contribution in [1.29, 1.82) is 0 Å². The van der Waals surface area contributed by atoms with Gasteiger partial charge in [-0.05, 0) is 19.3 Å². The van der Waals surface area contributed by atoms with Gasteiger partial charge in [0, 0.05) is 50.4 Å². The van der Waals surface area contributed by atoms with Gasteiger partial charge >= 0.3 is 0 Å². The van der Waals surface area contributed by atoms with Crippen LogP contribution in [0.5, 0.6) is 0 Å². The number of hydrogen-bond donors (Lipinski definition) is 3. The molecule has 0 bridgehead atoms. The molecule has 0 saturated heterocycles. The minimum Gasteiger partial charge on any atom is -0.369 e. The van der Waals surface area contributed by atoms with Crippen molar-refractivity contribution in [1.82, 2.24) is 19.9 Å². The van der Waals surface area contributed by atoms with Crippen LogP contribution in [0.2, 0.25) is 0 Å². The summed E-state index contributed by atoms with van der Waals surface area (Å²) in [6.45, 7) is 1.25. The third kappa shape index (κ3) is 2.87. The van der Waals surface area contributed by atoms with Crippen molar-refractivity contribution in [3.63, 3.8) is 0 Å². The number of nitrogens with zero attached hydrogens (tertiary/aromatic N) is 3. The molecule has 0 spiro atoms. The molecule has 0 aliphatic rings. The SMILES string of the molecule is NCCCNc1nc(=O)[nH]c2[n-]cnc12.[Y]. The molecular formula is C8H11N6OY-. The summed E-state index contributed by atoms with van der Waals surface area (Å²) in [5.41, 5.74) is 5.95. The Kier molecular flexibility index (Phi) is 5.04. The predicted octanol–water partition coefficient (Wildman–Crippen LogP) is -0.967. The number of nitrogens with one attached hydrogen (secondary N) is 2. The molecule has 8 heteroatoms. The fraction of sp³-hybridized carbons (Fsp3) is 0.375. The molecule has 2 heterocycles. The van der Waals surface area contributed by atoms with Crippen LogP contribution in [0.1, 0.15) is 6.42 Å². The molecule has 0 aliphatic heterocycles. The first kappa shape index (κ1) is 13.3. The van der Waals surface area contributed by atoms with Crippen LogP contribution in [0.4, 0.5) is 5.82 Å². The van der Waals surface area contributed by atoms with Gasteiger partial charge in [-0.1, -0.05) is 0 Å². The monoisotopic (exact) mass is 296 g/mol. The van der Waals surface area contributed by atoms with E-state index in [2.05, 4.69) is 25.3 Å². The maximum absolute atomic E-state index is 11.1. The van der Waals surface area contributed by atoms with Gasteiger partial charge in [0.15, 0.2) is 0 Å². The summed E-state index contributed by atoms with van der Waals surface area (Å²) in [5, 5.41) is 3.00. The molecular weight excluding hydrogens is 285 g/mol. The van der Waals surface area contributed by atoms with E-state index >= 15 is 0 Å². The van der Waals surface area contributed by atoms with Crippen LogP contribution >= 0.6 is 0 Å². The second-order valence-electron chi connectivity index (χ2n) is 3.03. The third-order valence-corrected chi connectivity index (χ3v) is 1.93. The molecule has 0 amide bonds. The average Bonchev–Trinajstić information content (AvgIpc) is 2.65. The van der Waals surface area contributed by atoms with E-state index in [9.17, 15) is 4.79 Å². The molecule has 4 N–H and O–H groups in total. The van der Waals surface area contributed by atoms with Crippen molar-refractivity contribution in [2.45, 2.75) is 6.42 Å². The maximum Gasteiger partial charge on any atom is 0.291 e. The zero-order valence-corrected chi connectivity index (χ0v) is 11.4. The summed E-state index contributed by atoms with van der Waals surface area (Å²) < 4.78 is 0. The molecule has 0 unspecified atom stereocenters. The van der Waals surface area contributed by atoms with Crippen LogP contribution in [-0.2, 0) is 32.7 Å². The number of hydrogen-bond acceptors (Lipinski definition) is 5. The van der Waals surface area contributed by atoms with Gasteiger partial charge in [-0.3, -0.25) is 4.79 Å². The number of nitrogens with two attached hydrogens (primary N) is 1. The fourth-order valence-electron chi connectivity index (χ4n) is 1.25. The van der Waals surface area contributed by atoms with Gasteiger partial charge in [0.2, 0.25) is 0 Å².